The normalized spacial score (nSPS) is 14.6. The van der Waals surface area contributed by atoms with Gasteiger partial charge < -0.3 is 19.1 Å². The fourth-order valence-corrected chi connectivity index (χ4v) is 3.99. The molecule has 3 aromatic carbocycles. The first-order valence-electron chi connectivity index (χ1n) is 12.4. The summed E-state index contributed by atoms with van der Waals surface area (Å²) < 4.78 is 16.0. The van der Waals surface area contributed by atoms with Crippen molar-refractivity contribution in [3.63, 3.8) is 0 Å². The highest BCUT2D eigenvalue weighted by Gasteiger charge is 2.36. The minimum absolute atomic E-state index is 0.0567. The van der Waals surface area contributed by atoms with Crippen molar-refractivity contribution >= 4 is 35.0 Å². The highest BCUT2D eigenvalue weighted by molar-refractivity contribution is 6.01. The van der Waals surface area contributed by atoms with Gasteiger partial charge in [0.05, 0.1) is 22.5 Å². The van der Waals surface area contributed by atoms with Crippen LogP contribution in [0.1, 0.15) is 41.0 Å². The van der Waals surface area contributed by atoms with Gasteiger partial charge in [-0.3, -0.25) is 24.5 Å². The number of benzene rings is 3. The molecule has 0 bridgehead atoms. The summed E-state index contributed by atoms with van der Waals surface area (Å²) in [5.41, 5.74) is 1.12. The average molecular weight is 547 g/mol. The predicted molar refractivity (Wildman–Crippen MR) is 142 cm³/mol. The molecule has 4 rings (SSSR count). The van der Waals surface area contributed by atoms with Crippen molar-refractivity contribution in [1.29, 1.82) is 0 Å². The molecule has 0 radical (unpaired) electrons. The number of hydrogen-bond acceptors (Lipinski definition) is 9. The SMILES string of the molecule is CC(C)OC(=O)c1ccc(N2C[C@@H](C(=O)OCC(=O)c3ccc(Oc4ccc([N+](=O)[O-])cc4)cc3)CC2=O)cc1. The molecular weight excluding hydrogens is 520 g/mol. The molecule has 0 unspecified atom stereocenters. The van der Waals surface area contributed by atoms with Crippen molar-refractivity contribution in [3.05, 3.63) is 94.0 Å². The Hall–Kier alpha value is -5.06. The summed E-state index contributed by atoms with van der Waals surface area (Å²) in [5, 5.41) is 10.8. The van der Waals surface area contributed by atoms with Gasteiger partial charge in [-0.15, -0.1) is 0 Å². The van der Waals surface area contributed by atoms with E-state index >= 15 is 0 Å². The zero-order valence-electron chi connectivity index (χ0n) is 21.8. The number of nitro benzene ring substituents is 1. The predicted octanol–water partition coefficient (Wildman–Crippen LogP) is 4.73. The number of amides is 1. The van der Waals surface area contributed by atoms with E-state index in [1.807, 2.05) is 0 Å². The Morgan fingerprint density at radius 3 is 2.08 bits per heavy atom. The van der Waals surface area contributed by atoms with Crippen molar-refractivity contribution < 1.29 is 38.3 Å². The Balaban J connectivity index is 1.27. The van der Waals surface area contributed by atoms with Gasteiger partial charge in [0.25, 0.3) is 5.69 Å². The van der Waals surface area contributed by atoms with E-state index in [0.29, 0.717) is 28.3 Å². The molecule has 1 saturated heterocycles. The molecule has 206 valence electrons. The average Bonchev–Trinajstić information content (AvgIpc) is 3.33. The Labute approximate surface area is 229 Å². The van der Waals surface area contributed by atoms with Crippen LogP contribution in [0.15, 0.2) is 72.8 Å². The van der Waals surface area contributed by atoms with Crippen molar-refractivity contribution in [1.82, 2.24) is 0 Å². The molecule has 0 saturated carbocycles. The second-order valence-electron chi connectivity index (χ2n) is 9.31. The monoisotopic (exact) mass is 546 g/mol. The van der Waals surface area contributed by atoms with E-state index in [2.05, 4.69) is 0 Å². The molecule has 0 spiro atoms. The molecule has 1 aliphatic heterocycles. The zero-order valence-corrected chi connectivity index (χ0v) is 21.8. The first-order chi connectivity index (χ1) is 19.1. The number of hydrogen-bond donors (Lipinski definition) is 0. The van der Waals surface area contributed by atoms with Crippen LogP contribution in [-0.4, -0.2) is 47.8 Å². The number of nitrogens with zero attached hydrogens (tertiary/aromatic N) is 2. The topological polar surface area (TPSA) is 142 Å². The van der Waals surface area contributed by atoms with Crippen LogP contribution in [0.5, 0.6) is 11.5 Å². The van der Waals surface area contributed by atoms with Crippen LogP contribution in [-0.2, 0) is 19.1 Å². The van der Waals surface area contributed by atoms with Crippen LogP contribution in [0.4, 0.5) is 11.4 Å². The van der Waals surface area contributed by atoms with E-state index < -0.39 is 35.2 Å². The number of carbonyl (C=O) groups excluding carboxylic acids is 4. The van der Waals surface area contributed by atoms with Gasteiger partial charge in [-0.25, -0.2) is 4.79 Å². The molecule has 1 amide bonds. The van der Waals surface area contributed by atoms with Gasteiger partial charge in [-0.05, 0) is 74.5 Å². The fourth-order valence-electron chi connectivity index (χ4n) is 3.99. The van der Waals surface area contributed by atoms with E-state index in [1.54, 1.807) is 50.2 Å². The van der Waals surface area contributed by atoms with Gasteiger partial charge in [-0.1, -0.05) is 0 Å². The lowest BCUT2D eigenvalue weighted by Crippen LogP contribution is -2.27. The van der Waals surface area contributed by atoms with Gasteiger partial charge in [0.15, 0.2) is 12.4 Å². The molecule has 1 heterocycles. The smallest absolute Gasteiger partial charge is 0.338 e. The lowest BCUT2D eigenvalue weighted by atomic mass is 10.1. The summed E-state index contributed by atoms with van der Waals surface area (Å²) in [6.07, 6.45) is -0.312. The number of rotatable bonds is 10. The number of esters is 2. The number of anilines is 1. The third-order valence-corrected chi connectivity index (χ3v) is 6.02. The second-order valence-corrected chi connectivity index (χ2v) is 9.31. The van der Waals surface area contributed by atoms with Crippen LogP contribution in [0.2, 0.25) is 0 Å². The summed E-state index contributed by atoms with van der Waals surface area (Å²) >= 11 is 0. The van der Waals surface area contributed by atoms with Crippen molar-refractivity contribution in [2.75, 3.05) is 18.1 Å². The van der Waals surface area contributed by atoms with Crippen molar-refractivity contribution in [2.45, 2.75) is 26.4 Å². The number of carbonyl (C=O) groups is 4. The summed E-state index contributed by atoms with van der Waals surface area (Å²) in [7, 11) is 0. The first kappa shape index (κ1) is 28.0. The Kier molecular flexibility index (Phi) is 8.53. The van der Waals surface area contributed by atoms with Gasteiger partial charge in [0.2, 0.25) is 5.91 Å². The largest absolute Gasteiger partial charge is 0.459 e. The number of ketones is 1. The third-order valence-electron chi connectivity index (χ3n) is 6.02. The lowest BCUT2D eigenvalue weighted by Gasteiger charge is -2.17. The van der Waals surface area contributed by atoms with E-state index in [0.717, 1.165) is 0 Å². The summed E-state index contributed by atoms with van der Waals surface area (Å²) in [6, 6.07) is 18.0. The highest BCUT2D eigenvalue weighted by atomic mass is 16.6. The van der Waals surface area contributed by atoms with E-state index in [4.69, 9.17) is 14.2 Å². The Morgan fingerprint density at radius 1 is 0.925 bits per heavy atom. The molecule has 11 heteroatoms. The maximum Gasteiger partial charge on any atom is 0.338 e. The molecule has 11 nitrogen and oxygen atoms in total. The molecule has 40 heavy (non-hydrogen) atoms. The zero-order chi connectivity index (χ0) is 28.8. The minimum atomic E-state index is -0.733. The molecule has 1 aliphatic rings. The van der Waals surface area contributed by atoms with Crippen molar-refractivity contribution in [2.24, 2.45) is 5.92 Å². The van der Waals surface area contributed by atoms with E-state index in [9.17, 15) is 29.3 Å². The van der Waals surface area contributed by atoms with Crippen LogP contribution in [0, 0.1) is 16.0 Å². The molecule has 0 N–H and O–H groups in total. The van der Waals surface area contributed by atoms with E-state index in [1.165, 1.54) is 41.3 Å². The Morgan fingerprint density at radius 2 is 1.50 bits per heavy atom. The highest BCUT2D eigenvalue weighted by Crippen LogP contribution is 2.27. The summed E-state index contributed by atoms with van der Waals surface area (Å²) in [4.78, 5) is 61.4. The van der Waals surface area contributed by atoms with Crippen LogP contribution in [0.25, 0.3) is 0 Å². The fraction of sp³-hybridized carbons (Fsp3) is 0.241. The second kappa shape index (κ2) is 12.2. The minimum Gasteiger partial charge on any atom is -0.459 e. The van der Waals surface area contributed by atoms with Gasteiger partial charge in [0, 0.05) is 36.3 Å². The van der Waals surface area contributed by atoms with Crippen LogP contribution in [0.3, 0.4) is 0 Å². The van der Waals surface area contributed by atoms with Crippen molar-refractivity contribution in [3.8, 4) is 11.5 Å². The summed E-state index contributed by atoms with van der Waals surface area (Å²) in [6.45, 7) is 3.11. The third kappa shape index (κ3) is 6.87. The van der Waals surface area contributed by atoms with E-state index in [-0.39, 0.29) is 30.7 Å². The standard InChI is InChI=1S/C29H26N2O9/c1-18(2)39-29(35)20-3-7-22(8-4-20)30-16-21(15-27(30)33)28(34)38-17-26(32)19-5-11-24(12-6-19)40-25-13-9-23(10-14-25)31(36)37/h3-14,18,21H,15-17H2,1-2H3/t21-/m0/s1. The number of Topliss-reactive ketones (excluding diaryl/α,β-unsaturated/α-hetero) is 1. The Bertz CT molecular complexity index is 1420. The lowest BCUT2D eigenvalue weighted by molar-refractivity contribution is -0.384. The van der Waals surface area contributed by atoms with Gasteiger partial charge in [-0.2, -0.15) is 0 Å². The first-order valence-corrected chi connectivity index (χ1v) is 12.4. The van der Waals surface area contributed by atoms with Gasteiger partial charge in [0.1, 0.15) is 11.5 Å². The molecule has 0 aromatic heterocycles. The molecule has 3 aromatic rings. The maximum absolute atomic E-state index is 12.6. The molecule has 0 aliphatic carbocycles. The maximum atomic E-state index is 12.6. The molecule has 1 fully saturated rings. The quantitative estimate of drug-likeness (QED) is 0.153. The number of nitro groups is 1. The summed E-state index contributed by atoms with van der Waals surface area (Å²) in [5.74, 6) is -1.75. The number of non-ortho nitro benzene ring substituents is 1. The molecule has 1 atom stereocenters. The van der Waals surface area contributed by atoms with Crippen LogP contribution >= 0.6 is 0 Å². The van der Waals surface area contributed by atoms with Gasteiger partial charge >= 0.3 is 11.9 Å². The molecular formula is C29H26N2O9. The van der Waals surface area contributed by atoms with Crippen LogP contribution < -0.4 is 9.64 Å². The number of ether oxygens (including phenoxy) is 3.